The van der Waals surface area contributed by atoms with Crippen LogP contribution in [0, 0.1) is 5.92 Å². The molecule has 0 aliphatic carbocycles. The van der Waals surface area contributed by atoms with Gasteiger partial charge in [-0.2, -0.15) is 4.72 Å². The van der Waals surface area contributed by atoms with E-state index >= 15 is 0 Å². The van der Waals surface area contributed by atoms with Crippen LogP contribution in [0.2, 0.25) is 0 Å². The lowest BCUT2D eigenvalue weighted by Gasteiger charge is -2.20. The lowest BCUT2D eigenvalue weighted by Crippen LogP contribution is -2.45. The minimum Gasteiger partial charge on any atom is -0.459 e. The largest absolute Gasteiger partial charge is 0.459 e. The Bertz CT molecular complexity index is 643. The normalized spacial score (nSPS) is 13.0. The molecule has 1 N–H and O–H groups in total. The SMILES string of the molecule is C=C(Cl)COC(=O)[C@@H](NS(=O)(=O)c1ccc(Br)cc1)C(C)C. The maximum atomic E-state index is 12.3. The van der Waals surface area contributed by atoms with E-state index in [0.29, 0.717) is 0 Å². The van der Waals surface area contributed by atoms with Crippen molar-refractivity contribution in [3.63, 3.8) is 0 Å². The predicted octanol–water partition coefficient (Wildman–Crippen LogP) is 3.05. The molecule has 1 atom stereocenters. The van der Waals surface area contributed by atoms with Crippen LogP contribution < -0.4 is 4.72 Å². The summed E-state index contributed by atoms with van der Waals surface area (Å²) in [6.07, 6.45) is 0. The Morgan fingerprint density at radius 3 is 2.36 bits per heavy atom. The molecule has 0 radical (unpaired) electrons. The fourth-order valence-corrected chi connectivity index (χ4v) is 3.20. The Morgan fingerprint density at radius 2 is 1.91 bits per heavy atom. The number of hydrogen-bond donors (Lipinski definition) is 1. The molecule has 0 saturated carbocycles. The van der Waals surface area contributed by atoms with Crippen LogP contribution in [0.1, 0.15) is 13.8 Å². The first kappa shape index (κ1) is 19.2. The Morgan fingerprint density at radius 1 is 1.36 bits per heavy atom. The number of sulfonamides is 1. The standard InChI is InChI=1S/C14H17BrClNO4S/c1-9(2)13(14(18)21-8-10(3)16)17-22(19,20)12-6-4-11(15)5-7-12/h4-7,9,13,17H,3,8H2,1-2H3/t13-/m0/s1. The summed E-state index contributed by atoms with van der Waals surface area (Å²) >= 11 is 8.77. The second-order valence-electron chi connectivity index (χ2n) is 4.92. The number of nitrogens with one attached hydrogen (secondary N) is 1. The summed E-state index contributed by atoms with van der Waals surface area (Å²) in [4.78, 5) is 12.1. The van der Waals surface area contributed by atoms with Gasteiger partial charge >= 0.3 is 5.97 Å². The molecule has 0 aromatic heterocycles. The quantitative estimate of drug-likeness (QED) is 0.701. The second kappa shape index (κ2) is 8.10. The highest BCUT2D eigenvalue weighted by Crippen LogP contribution is 2.16. The molecule has 0 unspecified atom stereocenters. The molecule has 0 aliphatic rings. The number of hydrogen-bond acceptors (Lipinski definition) is 4. The highest BCUT2D eigenvalue weighted by Gasteiger charge is 2.29. The van der Waals surface area contributed by atoms with Crippen molar-refractivity contribution in [1.82, 2.24) is 4.72 Å². The van der Waals surface area contributed by atoms with E-state index in [-0.39, 0.29) is 22.5 Å². The molecule has 1 rings (SSSR count). The van der Waals surface area contributed by atoms with Gasteiger partial charge in [-0.05, 0) is 30.2 Å². The second-order valence-corrected chi connectivity index (χ2v) is 8.09. The van der Waals surface area contributed by atoms with Crippen molar-refractivity contribution in [3.05, 3.63) is 40.3 Å². The number of benzene rings is 1. The highest BCUT2D eigenvalue weighted by molar-refractivity contribution is 9.10. The molecule has 0 fully saturated rings. The third kappa shape index (κ3) is 5.72. The summed E-state index contributed by atoms with van der Waals surface area (Å²) in [5, 5.41) is 0.159. The third-order valence-electron chi connectivity index (χ3n) is 2.70. The molecule has 1 aromatic carbocycles. The van der Waals surface area contributed by atoms with Crippen molar-refractivity contribution < 1.29 is 17.9 Å². The molecule has 0 aliphatic heterocycles. The molecule has 1 aromatic rings. The van der Waals surface area contributed by atoms with E-state index in [2.05, 4.69) is 27.2 Å². The average molecular weight is 411 g/mol. The summed E-state index contributed by atoms with van der Waals surface area (Å²) in [6.45, 7) is 6.67. The lowest BCUT2D eigenvalue weighted by atomic mass is 10.1. The van der Waals surface area contributed by atoms with E-state index in [0.717, 1.165) is 4.47 Å². The molecule has 0 spiro atoms. The topological polar surface area (TPSA) is 72.5 Å². The van der Waals surface area contributed by atoms with E-state index in [1.54, 1.807) is 26.0 Å². The van der Waals surface area contributed by atoms with Crippen molar-refractivity contribution in [2.45, 2.75) is 24.8 Å². The molecule has 5 nitrogen and oxygen atoms in total. The first-order valence-electron chi connectivity index (χ1n) is 6.41. The van der Waals surface area contributed by atoms with E-state index in [4.69, 9.17) is 16.3 Å². The molecule has 0 heterocycles. The molecule has 22 heavy (non-hydrogen) atoms. The van der Waals surface area contributed by atoms with Crippen molar-refractivity contribution in [2.24, 2.45) is 5.92 Å². The number of esters is 1. The van der Waals surface area contributed by atoms with E-state index in [9.17, 15) is 13.2 Å². The number of rotatable bonds is 7. The van der Waals surface area contributed by atoms with Gasteiger partial charge in [0.1, 0.15) is 12.6 Å². The summed E-state index contributed by atoms with van der Waals surface area (Å²) in [7, 11) is -3.83. The minimum absolute atomic E-state index is 0.0657. The van der Waals surface area contributed by atoms with Crippen molar-refractivity contribution in [3.8, 4) is 0 Å². The smallest absolute Gasteiger partial charge is 0.324 e. The van der Waals surface area contributed by atoms with Gasteiger partial charge in [0.2, 0.25) is 10.0 Å². The van der Waals surface area contributed by atoms with Gasteiger partial charge in [-0.1, -0.05) is 48.0 Å². The first-order chi connectivity index (χ1) is 10.1. The van der Waals surface area contributed by atoms with Crippen LogP contribution in [0.5, 0.6) is 0 Å². The van der Waals surface area contributed by atoms with E-state index in [1.807, 2.05) is 0 Å². The molecule has 0 bridgehead atoms. The third-order valence-corrected chi connectivity index (χ3v) is 4.79. The maximum absolute atomic E-state index is 12.3. The number of carbonyl (C=O) groups excluding carboxylic acids is 1. The van der Waals surface area contributed by atoms with E-state index in [1.165, 1.54) is 12.1 Å². The Kier molecular flexibility index (Phi) is 7.05. The molecule has 0 saturated heterocycles. The molecular formula is C14H17BrClNO4S. The van der Waals surface area contributed by atoms with E-state index < -0.39 is 22.0 Å². The molecule has 8 heteroatoms. The van der Waals surface area contributed by atoms with Crippen molar-refractivity contribution >= 4 is 43.5 Å². The summed E-state index contributed by atoms with van der Waals surface area (Å²) in [6, 6.07) is 5.08. The number of carbonyl (C=O) groups is 1. The van der Waals surface area contributed by atoms with Crippen LogP contribution in [0.25, 0.3) is 0 Å². The van der Waals surface area contributed by atoms with Gasteiger partial charge in [-0.3, -0.25) is 4.79 Å². The van der Waals surface area contributed by atoms with Crippen LogP contribution in [-0.4, -0.2) is 27.0 Å². The van der Waals surface area contributed by atoms with Crippen LogP contribution in [0.15, 0.2) is 45.2 Å². The zero-order valence-corrected chi connectivity index (χ0v) is 15.3. The minimum atomic E-state index is -3.83. The van der Waals surface area contributed by atoms with Gasteiger partial charge in [0.05, 0.1) is 4.90 Å². The lowest BCUT2D eigenvalue weighted by molar-refractivity contribution is -0.145. The summed E-state index contributed by atoms with van der Waals surface area (Å²) in [5.41, 5.74) is 0. The van der Waals surface area contributed by atoms with Crippen molar-refractivity contribution in [1.29, 1.82) is 0 Å². The monoisotopic (exact) mass is 409 g/mol. The highest BCUT2D eigenvalue weighted by atomic mass is 79.9. The van der Waals surface area contributed by atoms with Gasteiger partial charge in [0, 0.05) is 9.51 Å². The maximum Gasteiger partial charge on any atom is 0.324 e. The summed E-state index contributed by atoms with van der Waals surface area (Å²) in [5.74, 6) is -0.987. The molecule has 0 amide bonds. The van der Waals surface area contributed by atoms with Gasteiger partial charge in [-0.25, -0.2) is 8.42 Å². The van der Waals surface area contributed by atoms with Gasteiger partial charge in [0.15, 0.2) is 0 Å². The number of halogens is 2. The summed E-state index contributed by atoms with van der Waals surface area (Å²) < 4.78 is 32.7. The van der Waals surface area contributed by atoms with Crippen LogP contribution in [-0.2, 0) is 19.6 Å². The number of ether oxygens (including phenoxy) is 1. The zero-order chi connectivity index (χ0) is 16.9. The Labute approximate surface area is 143 Å². The Balaban J connectivity index is 2.92. The van der Waals surface area contributed by atoms with Crippen LogP contribution in [0.4, 0.5) is 0 Å². The van der Waals surface area contributed by atoms with Gasteiger partial charge in [0.25, 0.3) is 0 Å². The van der Waals surface area contributed by atoms with Crippen LogP contribution >= 0.6 is 27.5 Å². The van der Waals surface area contributed by atoms with Crippen molar-refractivity contribution in [2.75, 3.05) is 6.61 Å². The van der Waals surface area contributed by atoms with Gasteiger partial charge < -0.3 is 4.74 Å². The first-order valence-corrected chi connectivity index (χ1v) is 9.06. The fourth-order valence-electron chi connectivity index (χ4n) is 1.54. The van der Waals surface area contributed by atoms with Crippen LogP contribution in [0.3, 0.4) is 0 Å². The van der Waals surface area contributed by atoms with Gasteiger partial charge in [-0.15, -0.1) is 0 Å². The Hall–Kier alpha value is -0.890. The molecular weight excluding hydrogens is 394 g/mol. The molecule has 122 valence electrons. The zero-order valence-electron chi connectivity index (χ0n) is 12.2. The predicted molar refractivity (Wildman–Crippen MR) is 89.0 cm³/mol. The average Bonchev–Trinajstić information content (AvgIpc) is 2.42. The fraction of sp³-hybridized carbons (Fsp3) is 0.357.